The molecule has 0 radical (unpaired) electrons. The quantitative estimate of drug-likeness (QED) is 0.810. The van der Waals surface area contributed by atoms with Crippen molar-refractivity contribution < 1.29 is 9.53 Å². The summed E-state index contributed by atoms with van der Waals surface area (Å²) < 4.78 is 8.29. The predicted molar refractivity (Wildman–Crippen MR) is 102 cm³/mol. The number of benzene rings is 1. The molecule has 1 aliphatic rings. The number of carbonyl (C=O) groups excluding carboxylic acids is 1. The number of hydrogen-bond acceptors (Lipinski definition) is 4. The third kappa shape index (κ3) is 4.34. The number of aromatic nitrogens is 2. The highest BCUT2D eigenvalue weighted by atomic mass is 79.9. The molecule has 0 bridgehead atoms. The summed E-state index contributed by atoms with van der Waals surface area (Å²) in [6.45, 7) is 2.18. The molecule has 2 heterocycles. The van der Waals surface area contributed by atoms with Crippen LogP contribution >= 0.6 is 28.3 Å². The molecule has 1 aromatic carbocycles. The molecule has 0 saturated carbocycles. The first-order valence-corrected chi connectivity index (χ1v) is 8.69. The van der Waals surface area contributed by atoms with Crippen LogP contribution in [0.5, 0.6) is 5.75 Å². The van der Waals surface area contributed by atoms with E-state index >= 15 is 0 Å². The summed E-state index contributed by atoms with van der Waals surface area (Å²) in [7, 11) is 3.58. The van der Waals surface area contributed by atoms with Gasteiger partial charge in [-0.1, -0.05) is 15.9 Å². The highest BCUT2D eigenvalue weighted by Gasteiger charge is 2.30. The molecule has 1 amide bonds. The number of aryl methyl sites for hydroxylation is 1. The Morgan fingerprint density at radius 3 is 2.96 bits per heavy atom. The minimum Gasteiger partial charge on any atom is -0.496 e. The van der Waals surface area contributed by atoms with Gasteiger partial charge in [0.15, 0.2) is 0 Å². The third-order valence-corrected chi connectivity index (χ3v) is 4.80. The average molecular weight is 430 g/mol. The summed E-state index contributed by atoms with van der Waals surface area (Å²) in [4.78, 5) is 19.3. The Kier molecular flexibility index (Phi) is 6.87. The predicted octanol–water partition coefficient (Wildman–Crippen LogP) is 2.33. The van der Waals surface area contributed by atoms with E-state index < -0.39 is 0 Å². The number of amides is 1. The molecular formula is C17H22BrClN4O2. The Hall–Kier alpha value is -1.57. The van der Waals surface area contributed by atoms with Crippen molar-refractivity contribution in [3.05, 3.63) is 46.5 Å². The molecule has 1 atom stereocenters. The molecule has 1 aromatic heterocycles. The molecule has 1 fully saturated rings. The van der Waals surface area contributed by atoms with Gasteiger partial charge in [-0.2, -0.15) is 0 Å². The van der Waals surface area contributed by atoms with Crippen molar-refractivity contribution in [1.29, 1.82) is 0 Å². The van der Waals surface area contributed by atoms with E-state index in [9.17, 15) is 4.79 Å². The average Bonchev–Trinajstić information content (AvgIpc) is 3.01. The van der Waals surface area contributed by atoms with Gasteiger partial charge in [-0.15, -0.1) is 12.4 Å². The molecule has 1 unspecified atom stereocenters. The highest BCUT2D eigenvalue weighted by molar-refractivity contribution is 9.10. The summed E-state index contributed by atoms with van der Waals surface area (Å²) in [6.07, 6.45) is 3.98. The minimum atomic E-state index is -0.0515. The Balaban J connectivity index is 0.00000225. The Labute approximate surface area is 162 Å². The van der Waals surface area contributed by atoms with Crippen LogP contribution in [0.15, 0.2) is 35.1 Å². The van der Waals surface area contributed by atoms with Gasteiger partial charge in [0, 0.05) is 49.1 Å². The van der Waals surface area contributed by atoms with Gasteiger partial charge in [0.25, 0.3) is 0 Å². The molecule has 1 N–H and O–H groups in total. The van der Waals surface area contributed by atoms with Crippen molar-refractivity contribution >= 4 is 34.2 Å². The number of nitrogens with one attached hydrogen (secondary N) is 1. The SMILES string of the molecule is COc1ccc(Br)cc1CC(=O)N1CCNCC1c1nccn1C.Cl. The number of hydrogen-bond donors (Lipinski definition) is 1. The van der Waals surface area contributed by atoms with Gasteiger partial charge in [-0.25, -0.2) is 4.98 Å². The van der Waals surface area contributed by atoms with Crippen LogP contribution in [0, 0.1) is 0 Å². The number of halogens is 2. The zero-order valence-electron chi connectivity index (χ0n) is 14.2. The van der Waals surface area contributed by atoms with Gasteiger partial charge in [0.1, 0.15) is 17.6 Å². The first-order chi connectivity index (χ1) is 11.6. The second-order valence-corrected chi connectivity index (χ2v) is 6.75. The van der Waals surface area contributed by atoms with Crippen LogP contribution < -0.4 is 10.1 Å². The third-order valence-electron chi connectivity index (χ3n) is 4.30. The van der Waals surface area contributed by atoms with Gasteiger partial charge in [-0.3, -0.25) is 4.79 Å². The van der Waals surface area contributed by atoms with E-state index in [1.165, 1.54) is 0 Å². The second kappa shape index (κ2) is 8.69. The van der Waals surface area contributed by atoms with Gasteiger partial charge >= 0.3 is 0 Å². The van der Waals surface area contributed by atoms with E-state index in [-0.39, 0.29) is 24.4 Å². The maximum atomic E-state index is 13.0. The lowest BCUT2D eigenvalue weighted by molar-refractivity contribution is -0.134. The van der Waals surface area contributed by atoms with E-state index in [4.69, 9.17) is 4.74 Å². The van der Waals surface area contributed by atoms with E-state index in [0.29, 0.717) is 19.5 Å². The summed E-state index contributed by atoms with van der Waals surface area (Å²) in [5.74, 6) is 1.72. The van der Waals surface area contributed by atoms with Gasteiger partial charge in [0.2, 0.25) is 5.91 Å². The molecule has 8 heteroatoms. The number of piperazine rings is 1. The summed E-state index contributed by atoms with van der Waals surface area (Å²) >= 11 is 3.46. The van der Waals surface area contributed by atoms with Crippen LogP contribution in [-0.2, 0) is 18.3 Å². The Morgan fingerprint density at radius 1 is 1.48 bits per heavy atom. The highest BCUT2D eigenvalue weighted by Crippen LogP contribution is 2.26. The van der Waals surface area contributed by atoms with Gasteiger partial charge < -0.3 is 19.5 Å². The molecule has 2 aromatic rings. The second-order valence-electron chi connectivity index (χ2n) is 5.84. The number of methoxy groups -OCH3 is 1. The number of nitrogens with zero attached hydrogens (tertiary/aromatic N) is 3. The van der Waals surface area contributed by atoms with Crippen LogP contribution in [0.2, 0.25) is 0 Å². The monoisotopic (exact) mass is 428 g/mol. The fourth-order valence-electron chi connectivity index (χ4n) is 3.08. The van der Waals surface area contributed by atoms with Crippen LogP contribution in [0.1, 0.15) is 17.4 Å². The van der Waals surface area contributed by atoms with Crippen LogP contribution in [0.25, 0.3) is 0 Å². The van der Waals surface area contributed by atoms with Gasteiger partial charge in [0.05, 0.1) is 13.5 Å². The smallest absolute Gasteiger partial charge is 0.227 e. The lowest BCUT2D eigenvalue weighted by atomic mass is 10.1. The zero-order chi connectivity index (χ0) is 17.1. The van der Waals surface area contributed by atoms with Crippen molar-refractivity contribution in [2.24, 2.45) is 7.05 Å². The van der Waals surface area contributed by atoms with Crippen LogP contribution in [0.3, 0.4) is 0 Å². The summed E-state index contributed by atoms with van der Waals surface area (Å²) in [6, 6.07) is 5.67. The van der Waals surface area contributed by atoms with E-state index in [1.54, 1.807) is 13.3 Å². The molecule has 25 heavy (non-hydrogen) atoms. The molecule has 0 aliphatic carbocycles. The number of ether oxygens (including phenoxy) is 1. The summed E-state index contributed by atoms with van der Waals surface area (Å²) in [5, 5.41) is 3.35. The largest absolute Gasteiger partial charge is 0.496 e. The number of rotatable bonds is 4. The van der Waals surface area contributed by atoms with Crippen LogP contribution in [-0.4, -0.2) is 47.1 Å². The summed E-state index contributed by atoms with van der Waals surface area (Å²) in [5.41, 5.74) is 0.883. The molecule has 0 spiro atoms. The maximum Gasteiger partial charge on any atom is 0.227 e. The fraction of sp³-hybridized carbons (Fsp3) is 0.412. The fourth-order valence-corrected chi connectivity index (χ4v) is 3.49. The normalized spacial score (nSPS) is 17.1. The van der Waals surface area contributed by atoms with E-state index in [0.717, 1.165) is 28.2 Å². The molecule has 1 aliphatic heterocycles. The van der Waals surface area contributed by atoms with Crippen molar-refractivity contribution in [3.63, 3.8) is 0 Å². The first-order valence-electron chi connectivity index (χ1n) is 7.90. The van der Waals surface area contributed by atoms with Gasteiger partial charge in [-0.05, 0) is 18.2 Å². The van der Waals surface area contributed by atoms with Crippen molar-refractivity contribution in [3.8, 4) is 5.75 Å². The molecular weight excluding hydrogens is 408 g/mol. The number of imidazole rings is 1. The lowest BCUT2D eigenvalue weighted by Gasteiger charge is -2.36. The van der Waals surface area contributed by atoms with Crippen molar-refractivity contribution in [1.82, 2.24) is 19.8 Å². The molecule has 136 valence electrons. The molecule has 1 saturated heterocycles. The molecule has 3 rings (SSSR count). The Bertz CT molecular complexity index is 737. The van der Waals surface area contributed by atoms with Crippen LogP contribution in [0.4, 0.5) is 0 Å². The van der Waals surface area contributed by atoms with E-state index in [2.05, 4.69) is 26.2 Å². The van der Waals surface area contributed by atoms with E-state index in [1.807, 2.05) is 40.9 Å². The minimum absolute atomic E-state index is 0. The van der Waals surface area contributed by atoms with Crippen molar-refractivity contribution in [2.45, 2.75) is 12.5 Å². The lowest BCUT2D eigenvalue weighted by Crippen LogP contribution is -2.49. The first kappa shape index (κ1) is 19.8. The standard InChI is InChI=1S/C17H21BrN4O2.ClH/c1-21-7-6-20-17(21)14-11-19-5-8-22(14)16(23)10-12-9-13(18)3-4-15(12)24-2;/h3-4,6-7,9,14,19H,5,8,10-11H2,1-2H3;1H. The molecule has 6 nitrogen and oxygen atoms in total. The number of carbonyl (C=O) groups is 1. The van der Waals surface area contributed by atoms with Crippen molar-refractivity contribution in [2.75, 3.05) is 26.7 Å². The maximum absolute atomic E-state index is 13.0. The zero-order valence-corrected chi connectivity index (χ0v) is 16.6. The Morgan fingerprint density at radius 2 is 2.28 bits per heavy atom. The topological polar surface area (TPSA) is 59.4 Å².